The van der Waals surface area contributed by atoms with E-state index in [-0.39, 0.29) is 31.3 Å². The highest BCUT2D eigenvalue weighted by Crippen LogP contribution is 2.33. The number of carbonyl (C=O) groups is 4. The van der Waals surface area contributed by atoms with E-state index in [0.29, 0.717) is 43.1 Å². The Kier molecular flexibility index (Phi) is 11.4. The number of ether oxygens (including phenoxy) is 1. The van der Waals surface area contributed by atoms with E-state index >= 15 is 0 Å². The van der Waals surface area contributed by atoms with Crippen molar-refractivity contribution in [3.63, 3.8) is 0 Å². The largest absolute Gasteiger partial charge is 0.381 e. The van der Waals surface area contributed by atoms with Crippen LogP contribution in [0.15, 0.2) is 60.7 Å². The number of carbonyl (C=O) groups excluding carboxylic acids is 4. The molecule has 2 saturated heterocycles. The van der Waals surface area contributed by atoms with Crippen molar-refractivity contribution in [1.29, 1.82) is 0 Å². The molecule has 3 aliphatic rings. The Morgan fingerprint density at radius 3 is 2.35 bits per heavy atom. The quantitative estimate of drug-likeness (QED) is 0.306. The fourth-order valence-electron chi connectivity index (χ4n) is 7.19. The first kappa shape index (κ1) is 34.1. The van der Waals surface area contributed by atoms with Crippen LogP contribution in [0.3, 0.4) is 0 Å². The Labute approximate surface area is 286 Å². The summed E-state index contributed by atoms with van der Waals surface area (Å²) in [4.78, 5) is 60.8. The maximum atomic E-state index is 14.4. The molecule has 11 heteroatoms. The molecule has 0 radical (unpaired) electrons. The highest BCUT2D eigenvalue weighted by Gasteiger charge is 2.46. The van der Waals surface area contributed by atoms with Crippen molar-refractivity contribution in [1.82, 2.24) is 25.3 Å². The number of urea groups is 1. The lowest BCUT2D eigenvalue weighted by Crippen LogP contribution is -2.61. The van der Waals surface area contributed by atoms with Crippen LogP contribution < -0.4 is 10.6 Å². The molecule has 1 saturated carbocycles. The highest BCUT2D eigenvalue weighted by molar-refractivity contribution is 7.20. The summed E-state index contributed by atoms with van der Waals surface area (Å²) in [7, 11) is 0. The van der Waals surface area contributed by atoms with Crippen molar-refractivity contribution in [2.75, 3.05) is 59.0 Å². The molecule has 2 aromatic carbocycles. The Morgan fingerprint density at radius 1 is 0.917 bits per heavy atom. The number of imide groups is 1. The van der Waals surface area contributed by atoms with Gasteiger partial charge in [-0.3, -0.25) is 24.2 Å². The molecular weight excluding hydrogens is 627 g/mol. The van der Waals surface area contributed by atoms with Gasteiger partial charge >= 0.3 is 6.03 Å². The number of rotatable bonds is 11. The summed E-state index contributed by atoms with van der Waals surface area (Å²) >= 11 is 1.40. The normalized spacial score (nSPS) is 18.5. The van der Waals surface area contributed by atoms with Gasteiger partial charge in [-0.25, -0.2) is 4.79 Å². The Hall–Kier alpha value is -3.80. The minimum absolute atomic E-state index is 0.00559. The van der Waals surface area contributed by atoms with Gasteiger partial charge in [0.15, 0.2) is 0 Å². The summed E-state index contributed by atoms with van der Waals surface area (Å²) in [6.07, 6.45) is 5.35. The standard InChI is InChI=1S/C37H47N5O5S/c43-33(41-22-20-40(21-23-41)27-29-14-24-47-25-15-29)12-18-38-36(46)42(19-13-28-8-2-1-3-9-28)35(45)37(16-6-7-17-37)39-34(44)32-26-30-10-4-5-11-31(30)48-32/h1-5,8-11,26,29H,6-7,12-25,27H2,(H,38,46)(H,39,44). The lowest BCUT2D eigenvalue weighted by atomic mass is 9.94. The monoisotopic (exact) mass is 673 g/mol. The summed E-state index contributed by atoms with van der Waals surface area (Å²) < 4.78 is 6.49. The van der Waals surface area contributed by atoms with E-state index in [1.807, 2.05) is 65.6 Å². The minimum atomic E-state index is -1.17. The molecule has 0 spiro atoms. The molecule has 2 aliphatic heterocycles. The van der Waals surface area contributed by atoms with Gasteiger partial charge in [-0.05, 0) is 61.1 Å². The number of amides is 5. The molecule has 0 bridgehead atoms. The van der Waals surface area contributed by atoms with Gasteiger partial charge in [-0.2, -0.15) is 0 Å². The van der Waals surface area contributed by atoms with E-state index in [1.54, 1.807) is 0 Å². The molecule has 1 aromatic heterocycles. The van der Waals surface area contributed by atoms with Gasteiger partial charge in [0.05, 0.1) is 4.88 Å². The van der Waals surface area contributed by atoms with E-state index in [1.165, 1.54) is 16.2 Å². The van der Waals surface area contributed by atoms with Crippen LogP contribution in [0.5, 0.6) is 0 Å². The van der Waals surface area contributed by atoms with E-state index < -0.39 is 17.5 Å². The smallest absolute Gasteiger partial charge is 0.324 e. The molecule has 48 heavy (non-hydrogen) atoms. The fraction of sp³-hybridized carbons (Fsp3) is 0.514. The average Bonchev–Trinajstić information content (AvgIpc) is 3.78. The number of hydrogen-bond acceptors (Lipinski definition) is 7. The summed E-state index contributed by atoms with van der Waals surface area (Å²) in [6, 6.07) is 18.9. The number of nitrogens with one attached hydrogen (secondary N) is 2. The topological polar surface area (TPSA) is 111 Å². The van der Waals surface area contributed by atoms with Gasteiger partial charge in [0.2, 0.25) is 5.91 Å². The Balaban J connectivity index is 1.07. The summed E-state index contributed by atoms with van der Waals surface area (Å²) in [6.45, 7) is 6.10. The van der Waals surface area contributed by atoms with Crippen molar-refractivity contribution in [2.45, 2.75) is 56.9 Å². The first-order chi connectivity index (χ1) is 23.4. The highest BCUT2D eigenvalue weighted by atomic mass is 32.1. The molecule has 3 heterocycles. The van der Waals surface area contributed by atoms with Crippen LogP contribution in [-0.4, -0.2) is 103 Å². The number of thiophene rings is 1. The molecule has 5 amide bonds. The Morgan fingerprint density at radius 2 is 1.62 bits per heavy atom. The van der Waals surface area contributed by atoms with Crippen LogP contribution in [0, 0.1) is 5.92 Å². The second-order valence-corrected chi connectivity index (χ2v) is 14.4. The molecule has 0 atom stereocenters. The van der Waals surface area contributed by atoms with Gasteiger partial charge in [0, 0.05) is 70.1 Å². The number of benzene rings is 2. The predicted octanol–water partition coefficient (Wildman–Crippen LogP) is 4.69. The summed E-state index contributed by atoms with van der Waals surface area (Å²) in [5, 5.41) is 6.92. The molecule has 3 fully saturated rings. The number of fused-ring (bicyclic) bond motifs is 1. The third-order valence-corrected chi connectivity index (χ3v) is 11.1. The van der Waals surface area contributed by atoms with Crippen LogP contribution in [-0.2, 0) is 20.7 Å². The molecule has 6 rings (SSSR count). The lowest BCUT2D eigenvalue weighted by Gasteiger charge is -2.37. The first-order valence-electron chi connectivity index (χ1n) is 17.4. The third kappa shape index (κ3) is 8.43. The van der Waals surface area contributed by atoms with Gasteiger partial charge in [0.1, 0.15) is 5.54 Å². The molecular formula is C37H47N5O5S. The van der Waals surface area contributed by atoms with Gasteiger partial charge in [-0.1, -0.05) is 61.4 Å². The molecule has 2 N–H and O–H groups in total. The van der Waals surface area contributed by atoms with Gasteiger partial charge in [0.25, 0.3) is 11.8 Å². The summed E-state index contributed by atoms with van der Waals surface area (Å²) in [5.74, 6) is -0.0227. The van der Waals surface area contributed by atoms with Crippen molar-refractivity contribution in [3.05, 3.63) is 71.1 Å². The van der Waals surface area contributed by atoms with Crippen molar-refractivity contribution >= 4 is 45.2 Å². The van der Waals surface area contributed by atoms with Crippen molar-refractivity contribution in [2.24, 2.45) is 5.92 Å². The lowest BCUT2D eigenvalue weighted by molar-refractivity contribution is -0.134. The van der Waals surface area contributed by atoms with E-state index in [9.17, 15) is 19.2 Å². The van der Waals surface area contributed by atoms with E-state index in [2.05, 4.69) is 15.5 Å². The predicted molar refractivity (Wildman–Crippen MR) is 187 cm³/mol. The van der Waals surface area contributed by atoms with Crippen LogP contribution in [0.1, 0.15) is 60.2 Å². The molecule has 0 unspecified atom stereocenters. The van der Waals surface area contributed by atoms with E-state index in [0.717, 1.165) is 74.2 Å². The van der Waals surface area contributed by atoms with Crippen molar-refractivity contribution in [3.8, 4) is 0 Å². The first-order valence-corrected chi connectivity index (χ1v) is 18.2. The molecule has 256 valence electrons. The zero-order chi connectivity index (χ0) is 33.3. The average molecular weight is 674 g/mol. The van der Waals surface area contributed by atoms with Crippen LogP contribution >= 0.6 is 11.3 Å². The number of piperazine rings is 1. The Bertz CT molecular complexity index is 1530. The SMILES string of the molecule is O=C(NC1(C(=O)N(CCc2ccccc2)C(=O)NCCC(=O)N2CCN(CC3CCOCC3)CC2)CCCC1)c1cc2ccccc2s1. The van der Waals surface area contributed by atoms with Crippen LogP contribution in [0.25, 0.3) is 10.1 Å². The fourth-order valence-corrected chi connectivity index (χ4v) is 8.14. The maximum absolute atomic E-state index is 14.4. The minimum Gasteiger partial charge on any atom is -0.381 e. The number of hydrogen-bond donors (Lipinski definition) is 2. The van der Waals surface area contributed by atoms with Gasteiger partial charge < -0.3 is 20.3 Å². The zero-order valence-electron chi connectivity index (χ0n) is 27.7. The molecule has 1 aliphatic carbocycles. The molecule has 10 nitrogen and oxygen atoms in total. The van der Waals surface area contributed by atoms with E-state index in [4.69, 9.17) is 4.74 Å². The number of nitrogens with zero attached hydrogens (tertiary/aromatic N) is 3. The van der Waals surface area contributed by atoms with Crippen LogP contribution in [0.2, 0.25) is 0 Å². The second kappa shape index (κ2) is 16.1. The van der Waals surface area contributed by atoms with Gasteiger partial charge in [-0.15, -0.1) is 11.3 Å². The second-order valence-electron chi connectivity index (χ2n) is 13.3. The maximum Gasteiger partial charge on any atom is 0.324 e. The van der Waals surface area contributed by atoms with Crippen molar-refractivity contribution < 1.29 is 23.9 Å². The summed E-state index contributed by atoms with van der Waals surface area (Å²) in [5.41, 5.74) is -0.162. The zero-order valence-corrected chi connectivity index (χ0v) is 28.5. The van der Waals surface area contributed by atoms with Crippen LogP contribution in [0.4, 0.5) is 4.79 Å². The molecule has 3 aromatic rings. The third-order valence-electron chi connectivity index (χ3n) is 10.0.